The highest BCUT2D eigenvalue weighted by molar-refractivity contribution is 9.10. The molecular weight excluding hydrogens is 342 g/mol. The van der Waals surface area contributed by atoms with Crippen LogP contribution in [0.3, 0.4) is 0 Å². The Balaban J connectivity index is 1.62. The maximum absolute atomic E-state index is 5.33. The highest BCUT2D eigenvalue weighted by Crippen LogP contribution is 2.35. The molecular formula is C17H20BrN3O. The zero-order chi connectivity index (χ0) is 15.4. The van der Waals surface area contributed by atoms with Gasteiger partial charge < -0.3 is 10.1 Å². The normalized spacial score (nSPS) is 21.4. The number of nitrogens with one attached hydrogen (secondary N) is 1. The van der Waals surface area contributed by atoms with E-state index in [0.29, 0.717) is 17.8 Å². The zero-order valence-corrected chi connectivity index (χ0v) is 14.2. The van der Waals surface area contributed by atoms with Gasteiger partial charge in [-0.05, 0) is 65.2 Å². The molecule has 0 aliphatic heterocycles. The van der Waals surface area contributed by atoms with Crippen molar-refractivity contribution >= 4 is 21.6 Å². The van der Waals surface area contributed by atoms with Crippen LogP contribution in [0.5, 0.6) is 5.88 Å². The molecule has 1 aliphatic rings. The topological polar surface area (TPSA) is 47.0 Å². The average Bonchev–Trinajstić information content (AvgIpc) is 2.57. The van der Waals surface area contributed by atoms with Crippen LogP contribution in [0.15, 0.2) is 41.3 Å². The minimum absolute atomic E-state index is 0.470. The molecule has 2 aromatic heterocycles. The van der Waals surface area contributed by atoms with Crippen molar-refractivity contribution in [2.75, 3.05) is 12.4 Å². The third kappa shape index (κ3) is 3.58. The fraction of sp³-hybridized carbons (Fsp3) is 0.412. The molecule has 2 heterocycles. The molecule has 1 N–H and O–H groups in total. The van der Waals surface area contributed by atoms with E-state index >= 15 is 0 Å². The number of hydrogen-bond acceptors (Lipinski definition) is 4. The van der Waals surface area contributed by atoms with Crippen molar-refractivity contribution in [2.24, 2.45) is 0 Å². The summed E-state index contributed by atoms with van der Waals surface area (Å²) < 4.78 is 6.29. The predicted molar refractivity (Wildman–Crippen MR) is 91.3 cm³/mol. The van der Waals surface area contributed by atoms with Gasteiger partial charge in [-0.25, -0.2) is 4.98 Å². The maximum atomic E-state index is 5.33. The summed E-state index contributed by atoms with van der Waals surface area (Å²) in [5.74, 6) is 1.28. The van der Waals surface area contributed by atoms with Crippen LogP contribution in [0.4, 0.5) is 5.69 Å². The summed E-state index contributed by atoms with van der Waals surface area (Å²) in [7, 11) is 1.65. The van der Waals surface area contributed by atoms with E-state index in [1.165, 1.54) is 18.4 Å². The van der Waals surface area contributed by atoms with Gasteiger partial charge in [0.25, 0.3) is 0 Å². The summed E-state index contributed by atoms with van der Waals surface area (Å²) in [5.41, 5.74) is 2.32. The first-order chi connectivity index (χ1) is 10.8. The molecule has 0 spiro atoms. The molecule has 1 aliphatic carbocycles. The van der Waals surface area contributed by atoms with Crippen molar-refractivity contribution in [3.8, 4) is 5.88 Å². The van der Waals surface area contributed by atoms with Gasteiger partial charge in [0.15, 0.2) is 0 Å². The molecule has 4 nitrogen and oxygen atoms in total. The fourth-order valence-corrected chi connectivity index (χ4v) is 3.43. The van der Waals surface area contributed by atoms with Crippen molar-refractivity contribution in [2.45, 2.75) is 37.6 Å². The molecule has 5 heteroatoms. The smallest absolute Gasteiger partial charge is 0.237 e. The first-order valence-electron chi connectivity index (χ1n) is 7.62. The molecule has 1 fully saturated rings. The van der Waals surface area contributed by atoms with Crippen LogP contribution in [-0.2, 0) is 0 Å². The Morgan fingerprint density at radius 3 is 2.73 bits per heavy atom. The summed E-state index contributed by atoms with van der Waals surface area (Å²) in [6, 6.07) is 6.71. The third-order valence-electron chi connectivity index (χ3n) is 4.25. The SMILES string of the molecule is COc1ncc(Br)cc1N[C@H]1CC[C@@H](c2cccnc2)CC1. The van der Waals surface area contributed by atoms with Gasteiger partial charge in [-0.3, -0.25) is 4.98 Å². The Bertz CT molecular complexity index is 613. The number of hydrogen-bond donors (Lipinski definition) is 1. The van der Waals surface area contributed by atoms with Gasteiger partial charge in [0.2, 0.25) is 5.88 Å². The number of halogens is 1. The van der Waals surface area contributed by atoms with Crippen molar-refractivity contribution < 1.29 is 4.74 Å². The lowest BCUT2D eigenvalue weighted by atomic mass is 9.82. The van der Waals surface area contributed by atoms with E-state index in [1.807, 2.05) is 24.5 Å². The van der Waals surface area contributed by atoms with E-state index < -0.39 is 0 Å². The van der Waals surface area contributed by atoms with E-state index in [9.17, 15) is 0 Å². The largest absolute Gasteiger partial charge is 0.480 e. The van der Waals surface area contributed by atoms with E-state index in [2.05, 4.69) is 37.3 Å². The molecule has 3 rings (SSSR count). The summed E-state index contributed by atoms with van der Waals surface area (Å²) in [6.07, 6.45) is 10.3. The van der Waals surface area contributed by atoms with Gasteiger partial charge in [0.05, 0.1) is 12.8 Å². The second-order valence-corrected chi connectivity index (χ2v) is 6.61. The number of rotatable bonds is 4. The predicted octanol–water partition coefficient (Wildman–Crippen LogP) is 4.39. The van der Waals surface area contributed by atoms with Gasteiger partial charge >= 0.3 is 0 Å². The van der Waals surface area contributed by atoms with Gasteiger partial charge in [-0.2, -0.15) is 0 Å². The summed E-state index contributed by atoms with van der Waals surface area (Å²) in [6.45, 7) is 0. The lowest BCUT2D eigenvalue weighted by molar-refractivity contribution is 0.392. The van der Waals surface area contributed by atoms with E-state index in [4.69, 9.17) is 4.74 Å². The van der Waals surface area contributed by atoms with Crippen LogP contribution in [0.2, 0.25) is 0 Å². The number of nitrogens with zero attached hydrogens (tertiary/aromatic N) is 2. The molecule has 0 atom stereocenters. The van der Waals surface area contributed by atoms with Crippen molar-refractivity contribution in [3.05, 3.63) is 46.8 Å². The Morgan fingerprint density at radius 1 is 1.23 bits per heavy atom. The first kappa shape index (κ1) is 15.3. The number of methoxy groups -OCH3 is 1. The molecule has 1 saturated carbocycles. The Morgan fingerprint density at radius 2 is 2.05 bits per heavy atom. The number of ether oxygens (including phenoxy) is 1. The Hall–Kier alpha value is -1.62. The molecule has 0 saturated heterocycles. The van der Waals surface area contributed by atoms with Gasteiger partial charge in [-0.1, -0.05) is 6.07 Å². The summed E-state index contributed by atoms with van der Waals surface area (Å²) in [5, 5.41) is 3.58. The highest BCUT2D eigenvalue weighted by Gasteiger charge is 2.23. The maximum Gasteiger partial charge on any atom is 0.237 e. The lowest BCUT2D eigenvalue weighted by Gasteiger charge is -2.30. The second-order valence-electron chi connectivity index (χ2n) is 5.69. The van der Waals surface area contributed by atoms with Crippen molar-refractivity contribution in [1.29, 1.82) is 0 Å². The third-order valence-corrected chi connectivity index (χ3v) is 4.69. The standard InChI is InChI=1S/C17H20BrN3O/c1-22-17-16(9-14(18)11-20-17)21-15-6-4-12(5-7-15)13-3-2-8-19-10-13/h2-3,8-12,15,21H,4-7H2,1H3/t12-,15+. The molecule has 22 heavy (non-hydrogen) atoms. The summed E-state index contributed by atoms with van der Waals surface area (Å²) in [4.78, 5) is 8.52. The van der Waals surface area contributed by atoms with E-state index in [0.717, 1.165) is 23.0 Å². The van der Waals surface area contributed by atoms with Gasteiger partial charge in [-0.15, -0.1) is 0 Å². The number of anilines is 1. The Labute approximate surface area is 139 Å². The van der Waals surface area contributed by atoms with Crippen LogP contribution < -0.4 is 10.1 Å². The van der Waals surface area contributed by atoms with Crippen molar-refractivity contribution in [3.63, 3.8) is 0 Å². The monoisotopic (exact) mass is 361 g/mol. The van der Waals surface area contributed by atoms with Gasteiger partial charge in [0.1, 0.15) is 0 Å². The van der Waals surface area contributed by atoms with Crippen LogP contribution in [0.1, 0.15) is 37.2 Å². The summed E-state index contributed by atoms with van der Waals surface area (Å²) >= 11 is 3.47. The molecule has 0 bridgehead atoms. The number of pyridine rings is 2. The lowest BCUT2D eigenvalue weighted by Crippen LogP contribution is -2.25. The minimum Gasteiger partial charge on any atom is -0.480 e. The molecule has 0 unspecified atom stereocenters. The minimum atomic E-state index is 0.470. The molecule has 0 amide bonds. The average molecular weight is 362 g/mol. The van der Waals surface area contributed by atoms with Crippen LogP contribution in [0, 0.1) is 0 Å². The highest BCUT2D eigenvalue weighted by atomic mass is 79.9. The van der Waals surface area contributed by atoms with Crippen LogP contribution in [0.25, 0.3) is 0 Å². The molecule has 116 valence electrons. The Kier molecular flexibility index (Phi) is 4.93. The van der Waals surface area contributed by atoms with E-state index in [1.54, 1.807) is 13.3 Å². The zero-order valence-electron chi connectivity index (χ0n) is 12.6. The quantitative estimate of drug-likeness (QED) is 0.877. The molecule has 0 aromatic carbocycles. The first-order valence-corrected chi connectivity index (χ1v) is 8.41. The van der Waals surface area contributed by atoms with Gasteiger partial charge in [0, 0.05) is 29.1 Å². The molecule has 2 aromatic rings. The number of aromatic nitrogens is 2. The van der Waals surface area contributed by atoms with E-state index in [-0.39, 0.29) is 0 Å². The van der Waals surface area contributed by atoms with Crippen LogP contribution in [-0.4, -0.2) is 23.1 Å². The van der Waals surface area contributed by atoms with Crippen LogP contribution >= 0.6 is 15.9 Å². The fourth-order valence-electron chi connectivity index (χ4n) is 3.10. The molecule has 0 radical (unpaired) electrons. The van der Waals surface area contributed by atoms with Crippen molar-refractivity contribution in [1.82, 2.24) is 9.97 Å². The second kappa shape index (κ2) is 7.09.